The number of hydrogen-bond donors (Lipinski definition) is 1. The van der Waals surface area contributed by atoms with Crippen molar-refractivity contribution in [3.63, 3.8) is 0 Å². The summed E-state index contributed by atoms with van der Waals surface area (Å²) < 4.78 is 23.7. The van der Waals surface area contributed by atoms with E-state index in [1.165, 1.54) is 0 Å². The summed E-state index contributed by atoms with van der Waals surface area (Å²) in [5.41, 5.74) is 4.37. The van der Waals surface area contributed by atoms with Crippen LogP contribution in [0.5, 0.6) is 5.75 Å². The molecular formula is C30H34FN5O3. The van der Waals surface area contributed by atoms with E-state index in [-0.39, 0.29) is 5.52 Å². The maximum Gasteiger partial charge on any atom is 0.307 e. The van der Waals surface area contributed by atoms with E-state index in [0.29, 0.717) is 37.3 Å². The quantitative estimate of drug-likeness (QED) is 0.345. The largest absolute Gasteiger partial charge is 0.485 e. The second kappa shape index (κ2) is 10.4. The number of carbonyl (C=O) groups is 1. The molecule has 1 aliphatic heterocycles. The van der Waals surface area contributed by atoms with Crippen LogP contribution in [0.25, 0.3) is 11.0 Å². The number of ether oxygens (including phenoxy) is 1. The second-order valence-corrected chi connectivity index (χ2v) is 11.0. The minimum absolute atomic E-state index is 0.155. The van der Waals surface area contributed by atoms with Crippen molar-refractivity contribution in [1.29, 1.82) is 0 Å². The number of nitrogens with zero attached hydrogens (tertiary/aromatic N) is 5. The number of carboxylic acid groups (broad SMARTS) is 1. The first kappa shape index (κ1) is 26.7. The standard InChI is InChI=1S/C30H34FN5O3/c1-6-36-24-12-11-22(27(31)28(24)33-34-36)26(19(3)29(37)38)20-10-9-18(2)21(14-20)15-35-16-23-25(8-7-13-32-23)39-30(4,5)17-35/h7-14,19,26H,6,15-17H2,1-5H3,(H,37,38). The Hall–Kier alpha value is -3.85. The van der Waals surface area contributed by atoms with Gasteiger partial charge in [0.2, 0.25) is 0 Å². The first-order chi connectivity index (χ1) is 18.6. The molecule has 0 fully saturated rings. The molecule has 204 valence electrons. The molecule has 1 N–H and O–H groups in total. The number of aliphatic carboxylic acids is 1. The van der Waals surface area contributed by atoms with Crippen molar-refractivity contribution >= 4 is 17.0 Å². The highest BCUT2D eigenvalue weighted by atomic mass is 19.1. The van der Waals surface area contributed by atoms with Crippen LogP contribution >= 0.6 is 0 Å². The number of hydrogen-bond acceptors (Lipinski definition) is 6. The Morgan fingerprint density at radius 2 is 2.03 bits per heavy atom. The summed E-state index contributed by atoms with van der Waals surface area (Å²) in [6.45, 7) is 12.2. The SMILES string of the molecule is CCn1nnc2c(F)c(C(c3ccc(C)c(CN4Cc5ncccc5OC(C)(C)C4)c3)C(C)C(=O)O)ccc21. The smallest absolute Gasteiger partial charge is 0.307 e. The highest BCUT2D eigenvalue weighted by molar-refractivity contribution is 5.78. The van der Waals surface area contributed by atoms with Crippen LogP contribution in [0, 0.1) is 18.7 Å². The third-order valence-electron chi connectivity index (χ3n) is 7.52. The zero-order valence-electron chi connectivity index (χ0n) is 23.0. The molecule has 0 amide bonds. The third-order valence-corrected chi connectivity index (χ3v) is 7.52. The van der Waals surface area contributed by atoms with E-state index in [1.54, 1.807) is 29.9 Å². The van der Waals surface area contributed by atoms with E-state index in [4.69, 9.17) is 4.74 Å². The topological polar surface area (TPSA) is 93.4 Å². The molecule has 0 saturated heterocycles. The fourth-order valence-corrected chi connectivity index (χ4v) is 5.55. The van der Waals surface area contributed by atoms with Gasteiger partial charge in [-0.1, -0.05) is 36.4 Å². The summed E-state index contributed by atoms with van der Waals surface area (Å²) in [5.74, 6) is -2.30. The van der Waals surface area contributed by atoms with Gasteiger partial charge in [-0.05, 0) is 68.1 Å². The molecule has 3 heterocycles. The molecule has 9 heteroatoms. The zero-order valence-corrected chi connectivity index (χ0v) is 23.0. The van der Waals surface area contributed by atoms with Gasteiger partial charge in [0.15, 0.2) is 5.82 Å². The van der Waals surface area contributed by atoms with Gasteiger partial charge >= 0.3 is 5.97 Å². The summed E-state index contributed by atoms with van der Waals surface area (Å²) in [5, 5.41) is 18.1. The number of carboxylic acids is 1. The van der Waals surface area contributed by atoms with E-state index in [0.717, 1.165) is 28.1 Å². The van der Waals surface area contributed by atoms with Crippen LogP contribution in [-0.2, 0) is 24.4 Å². The van der Waals surface area contributed by atoms with Gasteiger partial charge in [0.25, 0.3) is 0 Å². The Bertz CT molecular complexity index is 1530. The Morgan fingerprint density at radius 3 is 2.77 bits per heavy atom. The summed E-state index contributed by atoms with van der Waals surface area (Å²) in [4.78, 5) is 19.1. The van der Waals surface area contributed by atoms with Crippen LogP contribution in [0.4, 0.5) is 4.39 Å². The highest BCUT2D eigenvalue weighted by Crippen LogP contribution is 2.37. The normalized spacial score (nSPS) is 16.8. The Balaban J connectivity index is 1.54. The summed E-state index contributed by atoms with van der Waals surface area (Å²) >= 11 is 0. The fraction of sp³-hybridized carbons (Fsp3) is 0.400. The maximum atomic E-state index is 15.9. The predicted molar refractivity (Wildman–Crippen MR) is 146 cm³/mol. The maximum absolute atomic E-state index is 15.9. The fourth-order valence-electron chi connectivity index (χ4n) is 5.55. The number of aromatic nitrogens is 4. The number of pyridine rings is 1. The molecule has 0 bridgehead atoms. The van der Waals surface area contributed by atoms with Crippen LogP contribution in [0.2, 0.25) is 0 Å². The lowest BCUT2D eigenvalue weighted by Crippen LogP contribution is -2.40. The van der Waals surface area contributed by atoms with Crippen molar-refractivity contribution in [2.75, 3.05) is 6.54 Å². The Morgan fingerprint density at radius 1 is 1.23 bits per heavy atom. The van der Waals surface area contributed by atoms with Crippen LogP contribution in [-0.4, -0.2) is 48.1 Å². The second-order valence-electron chi connectivity index (χ2n) is 11.0. The van der Waals surface area contributed by atoms with Gasteiger partial charge < -0.3 is 9.84 Å². The number of benzene rings is 2. The van der Waals surface area contributed by atoms with Crippen LogP contribution < -0.4 is 4.74 Å². The molecule has 2 aromatic carbocycles. The molecule has 5 rings (SSSR count). The van der Waals surface area contributed by atoms with Crippen molar-refractivity contribution in [1.82, 2.24) is 24.9 Å². The molecule has 4 aromatic rings. The van der Waals surface area contributed by atoms with Gasteiger partial charge in [-0.3, -0.25) is 14.7 Å². The van der Waals surface area contributed by atoms with Crippen molar-refractivity contribution in [3.8, 4) is 5.75 Å². The van der Waals surface area contributed by atoms with Crippen LogP contribution in [0.1, 0.15) is 61.6 Å². The van der Waals surface area contributed by atoms with Crippen LogP contribution in [0.15, 0.2) is 48.7 Å². The van der Waals surface area contributed by atoms with Crippen molar-refractivity contribution in [2.45, 2.75) is 65.8 Å². The third kappa shape index (κ3) is 5.23. The summed E-state index contributed by atoms with van der Waals surface area (Å²) in [6.07, 6.45) is 1.77. The monoisotopic (exact) mass is 531 g/mol. The van der Waals surface area contributed by atoms with E-state index >= 15 is 4.39 Å². The molecule has 1 aliphatic rings. The molecule has 2 unspecified atom stereocenters. The van der Waals surface area contributed by atoms with E-state index < -0.39 is 29.2 Å². The molecule has 2 aromatic heterocycles. The van der Waals surface area contributed by atoms with Crippen molar-refractivity contribution in [3.05, 3.63) is 82.4 Å². The van der Waals surface area contributed by atoms with Gasteiger partial charge in [-0.2, -0.15) is 0 Å². The first-order valence-electron chi connectivity index (χ1n) is 13.3. The average Bonchev–Trinajstić information content (AvgIpc) is 3.26. The van der Waals surface area contributed by atoms with E-state index in [1.807, 2.05) is 44.2 Å². The molecule has 0 aliphatic carbocycles. The lowest BCUT2D eigenvalue weighted by molar-refractivity contribution is -0.141. The van der Waals surface area contributed by atoms with Gasteiger partial charge in [0.05, 0.1) is 17.1 Å². The number of halogens is 1. The molecular weight excluding hydrogens is 497 g/mol. The number of aryl methyl sites for hydroxylation is 2. The van der Waals surface area contributed by atoms with Gasteiger partial charge in [-0.15, -0.1) is 5.10 Å². The minimum Gasteiger partial charge on any atom is -0.485 e. The molecule has 8 nitrogen and oxygen atoms in total. The van der Waals surface area contributed by atoms with Crippen molar-refractivity contribution in [2.24, 2.45) is 5.92 Å². The highest BCUT2D eigenvalue weighted by Gasteiger charge is 2.32. The lowest BCUT2D eigenvalue weighted by Gasteiger charge is -2.30. The molecule has 0 radical (unpaired) electrons. The van der Waals surface area contributed by atoms with Crippen LogP contribution in [0.3, 0.4) is 0 Å². The average molecular weight is 532 g/mol. The summed E-state index contributed by atoms with van der Waals surface area (Å²) in [7, 11) is 0. The molecule has 0 spiro atoms. The lowest BCUT2D eigenvalue weighted by atomic mass is 9.80. The molecule has 0 saturated carbocycles. The zero-order chi connectivity index (χ0) is 27.9. The van der Waals surface area contributed by atoms with Gasteiger partial charge in [0, 0.05) is 38.3 Å². The molecule has 2 atom stereocenters. The predicted octanol–water partition coefficient (Wildman–Crippen LogP) is 5.32. The van der Waals surface area contributed by atoms with Gasteiger partial charge in [-0.25, -0.2) is 9.07 Å². The number of rotatable bonds is 7. The summed E-state index contributed by atoms with van der Waals surface area (Å²) in [6, 6.07) is 13.2. The van der Waals surface area contributed by atoms with E-state index in [2.05, 4.69) is 34.0 Å². The minimum atomic E-state index is -0.993. The number of fused-ring (bicyclic) bond motifs is 2. The van der Waals surface area contributed by atoms with Crippen molar-refractivity contribution < 1.29 is 19.0 Å². The Kier molecular flexibility index (Phi) is 7.11. The van der Waals surface area contributed by atoms with E-state index in [9.17, 15) is 9.90 Å². The van der Waals surface area contributed by atoms with Gasteiger partial charge in [0.1, 0.15) is 16.9 Å². The first-order valence-corrected chi connectivity index (χ1v) is 13.3. The Labute approximate surface area is 227 Å². The molecule has 39 heavy (non-hydrogen) atoms.